The normalized spacial score (nSPS) is 23.1. The second-order valence-electron chi connectivity index (χ2n) is 5.02. The molecule has 2 aromatic rings. The molecule has 0 aliphatic heterocycles. The summed E-state index contributed by atoms with van der Waals surface area (Å²) in [6.07, 6.45) is 3.46. The standard InChI is InChI=1S/C14H19N3O2/c1-18-10-4-3-9(7-10)17-13-8-11(19-2)5-6-12(13)16-14(17)15/h5-6,8-10H,3-4,7H2,1-2H3,(H2,15,16). The van der Waals surface area contributed by atoms with Gasteiger partial charge in [0.2, 0.25) is 5.95 Å². The molecule has 1 aromatic carbocycles. The van der Waals surface area contributed by atoms with Crippen molar-refractivity contribution in [1.29, 1.82) is 0 Å². The number of nitrogens with two attached hydrogens (primary N) is 1. The lowest BCUT2D eigenvalue weighted by atomic mass is 10.2. The first-order valence-corrected chi connectivity index (χ1v) is 6.57. The summed E-state index contributed by atoms with van der Waals surface area (Å²) in [5, 5.41) is 0. The third kappa shape index (κ3) is 2.04. The minimum absolute atomic E-state index is 0.326. The molecule has 0 spiro atoms. The summed E-state index contributed by atoms with van der Waals surface area (Å²) in [4.78, 5) is 4.43. The van der Waals surface area contributed by atoms with Gasteiger partial charge in [-0.1, -0.05) is 0 Å². The van der Waals surface area contributed by atoms with Crippen LogP contribution in [0, 0.1) is 0 Å². The van der Waals surface area contributed by atoms with Crippen LogP contribution >= 0.6 is 0 Å². The molecule has 102 valence electrons. The largest absolute Gasteiger partial charge is 0.497 e. The maximum atomic E-state index is 6.08. The van der Waals surface area contributed by atoms with Gasteiger partial charge in [0.25, 0.3) is 0 Å². The molecular weight excluding hydrogens is 242 g/mol. The number of aromatic nitrogens is 2. The van der Waals surface area contributed by atoms with Crippen LogP contribution in [0.2, 0.25) is 0 Å². The molecule has 1 aliphatic rings. The third-order valence-corrected chi connectivity index (χ3v) is 3.98. The Morgan fingerprint density at radius 3 is 2.84 bits per heavy atom. The predicted molar refractivity (Wildman–Crippen MR) is 74.4 cm³/mol. The SMILES string of the molecule is COc1ccc2nc(N)n(C3CCC(OC)C3)c2c1. The Labute approximate surface area is 112 Å². The smallest absolute Gasteiger partial charge is 0.201 e. The number of anilines is 1. The van der Waals surface area contributed by atoms with Crippen LogP contribution in [0.25, 0.3) is 11.0 Å². The van der Waals surface area contributed by atoms with Crippen molar-refractivity contribution in [2.75, 3.05) is 20.0 Å². The van der Waals surface area contributed by atoms with Crippen LogP contribution in [0.1, 0.15) is 25.3 Å². The summed E-state index contributed by atoms with van der Waals surface area (Å²) < 4.78 is 12.8. The van der Waals surface area contributed by atoms with E-state index < -0.39 is 0 Å². The van der Waals surface area contributed by atoms with Gasteiger partial charge in [-0.05, 0) is 31.4 Å². The first-order valence-electron chi connectivity index (χ1n) is 6.57. The van der Waals surface area contributed by atoms with Gasteiger partial charge in [0, 0.05) is 19.2 Å². The van der Waals surface area contributed by atoms with Crippen molar-refractivity contribution in [3.63, 3.8) is 0 Å². The fraction of sp³-hybridized carbons (Fsp3) is 0.500. The number of nitrogens with zero attached hydrogens (tertiary/aromatic N) is 2. The summed E-state index contributed by atoms with van der Waals surface area (Å²) in [6, 6.07) is 6.22. The maximum Gasteiger partial charge on any atom is 0.201 e. The quantitative estimate of drug-likeness (QED) is 0.921. The predicted octanol–water partition coefficient (Wildman–Crippen LogP) is 2.37. The van der Waals surface area contributed by atoms with Crippen molar-refractivity contribution in [2.45, 2.75) is 31.4 Å². The number of benzene rings is 1. The lowest BCUT2D eigenvalue weighted by molar-refractivity contribution is 0.106. The number of hydrogen-bond donors (Lipinski definition) is 1. The van der Waals surface area contributed by atoms with Gasteiger partial charge in [0.05, 0.1) is 24.2 Å². The average Bonchev–Trinajstić information content (AvgIpc) is 3.00. The van der Waals surface area contributed by atoms with Crippen molar-refractivity contribution >= 4 is 17.0 Å². The Hall–Kier alpha value is -1.75. The molecule has 2 N–H and O–H groups in total. The zero-order valence-electron chi connectivity index (χ0n) is 11.3. The Morgan fingerprint density at radius 2 is 2.16 bits per heavy atom. The molecule has 1 heterocycles. The summed E-state index contributed by atoms with van der Waals surface area (Å²) in [5.74, 6) is 1.40. The minimum Gasteiger partial charge on any atom is -0.497 e. The van der Waals surface area contributed by atoms with E-state index in [-0.39, 0.29) is 0 Å². The highest BCUT2D eigenvalue weighted by atomic mass is 16.5. The molecule has 1 saturated carbocycles. The van der Waals surface area contributed by atoms with Crippen LogP contribution in [0.3, 0.4) is 0 Å². The molecule has 5 nitrogen and oxygen atoms in total. The third-order valence-electron chi connectivity index (χ3n) is 3.98. The van der Waals surface area contributed by atoms with E-state index in [1.807, 2.05) is 18.2 Å². The second kappa shape index (κ2) is 4.74. The van der Waals surface area contributed by atoms with Gasteiger partial charge in [0.1, 0.15) is 5.75 Å². The minimum atomic E-state index is 0.326. The topological polar surface area (TPSA) is 62.3 Å². The van der Waals surface area contributed by atoms with Crippen molar-refractivity contribution in [3.8, 4) is 5.75 Å². The first kappa shape index (κ1) is 12.3. The molecule has 5 heteroatoms. The molecule has 2 unspecified atom stereocenters. The second-order valence-corrected chi connectivity index (χ2v) is 5.02. The van der Waals surface area contributed by atoms with E-state index in [4.69, 9.17) is 15.2 Å². The van der Waals surface area contributed by atoms with E-state index in [0.717, 1.165) is 36.0 Å². The molecule has 1 aliphatic carbocycles. The van der Waals surface area contributed by atoms with E-state index in [9.17, 15) is 0 Å². The Bertz CT molecular complexity index is 594. The molecule has 1 fully saturated rings. The highest BCUT2D eigenvalue weighted by Gasteiger charge is 2.28. The number of methoxy groups -OCH3 is 2. The number of imidazole rings is 1. The number of rotatable bonds is 3. The van der Waals surface area contributed by atoms with Gasteiger partial charge in [-0.3, -0.25) is 0 Å². The van der Waals surface area contributed by atoms with E-state index in [0.29, 0.717) is 18.1 Å². The fourth-order valence-electron chi connectivity index (χ4n) is 2.97. The maximum absolute atomic E-state index is 6.08. The molecule has 2 atom stereocenters. The van der Waals surface area contributed by atoms with E-state index in [2.05, 4.69) is 9.55 Å². The van der Waals surface area contributed by atoms with Gasteiger partial charge >= 0.3 is 0 Å². The summed E-state index contributed by atoms with van der Waals surface area (Å²) >= 11 is 0. The van der Waals surface area contributed by atoms with E-state index >= 15 is 0 Å². The van der Waals surface area contributed by atoms with Crippen LogP contribution < -0.4 is 10.5 Å². The Morgan fingerprint density at radius 1 is 1.32 bits per heavy atom. The van der Waals surface area contributed by atoms with Crippen LogP contribution in [-0.4, -0.2) is 29.9 Å². The summed E-state index contributed by atoms with van der Waals surface area (Å²) in [5.41, 5.74) is 8.04. The van der Waals surface area contributed by atoms with Crippen LogP contribution in [0.15, 0.2) is 18.2 Å². The Balaban J connectivity index is 2.04. The monoisotopic (exact) mass is 261 g/mol. The van der Waals surface area contributed by atoms with Crippen molar-refractivity contribution in [3.05, 3.63) is 18.2 Å². The molecule has 0 saturated heterocycles. The first-order chi connectivity index (χ1) is 9.22. The average molecular weight is 261 g/mol. The van der Waals surface area contributed by atoms with Gasteiger partial charge < -0.3 is 19.8 Å². The molecule has 3 rings (SSSR count). The van der Waals surface area contributed by atoms with Gasteiger partial charge in [-0.15, -0.1) is 0 Å². The molecule has 1 aromatic heterocycles. The zero-order valence-corrected chi connectivity index (χ0v) is 11.3. The Kier molecular flexibility index (Phi) is 3.06. The van der Waals surface area contributed by atoms with Crippen molar-refractivity contribution in [2.24, 2.45) is 0 Å². The van der Waals surface area contributed by atoms with E-state index in [1.54, 1.807) is 14.2 Å². The molecule has 0 amide bonds. The van der Waals surface area contributed by atoms with Crippen LogP contribution in [0.5, 0.6) is 5.75 Å². The zero-order chi connectivity index (χ0) is 13.4. The number of hydrogen-bond acceptors (Lipinski definition) is 4. The summed E-state index contributed by atoms with van der Waals surface area (Å²) in [7, 11) is 3.44. The number of fused-ring (bicyclic) bond motifs is 1. The highest BCUT2D eigenvalue weighted by molar-refractivity contribution is 5.80. The summed E-state index contributed by atoms with van der Waals surface area (Å²) in [6.45, 7) is 0. The van der Waals surface area contributed by atoms with Crippen LogP contribution in [-0.2, 0) is 4.74 Å². The van der Waals surface area contributed by atoms with Crippen LogP contribution in [0.4, 0.5) is 5.95 Å². The number of nitrogen functional groups attached to an aromatic ring is 1. The fourth-order valence-corrected chi connectivity index (χ4v) is 2.97. The molecular formula is C14H19N3O2. The van der Waals surface area contributed by atoms with Gasteiger partial charge in [-0.2, -0.15) is 0 Å². The van der Waals surface area contributed by atoms with Gasteiger partial charge in [-0.25, -0.2) is 4.98 Å². The molecule has 0 radical (unpaired) electrons. The van der Waals surface area contributed by atoms with Crippen molar-refractivity contribution in [1.82, 2.24) is 9.55 Å². The lowest BCUT2D eigenvalue weighted by Gasteiger charge is -2.15. The van der Waals surface area contributed by atoms with Crippen molar-refractivity contribution < 1.29 is 9.47 Å². The van der Waals surface area contributed by atoms with E-state index in [1.165, 1.54) is 0 Å². The lowest BCUT2D eigenvalue weighted by Crippen LogP contribution is -2.11. The van der Waals surface area contributed by atoms with Gasteiger partial charge in [0.15, 0.2) is 0 Å². The molecule has 19 heavy (non-hydrogen) atoms. The molecule has 0 bridgehead atoms. The highest BCUT2D eigenvalue weighted by Crippen LogP contribution is 2.36. The number of ether oxygens (including phenoxy) is 2.